The highest BCUT2D eigenvalue weighted by Gasteiger charge is 2.10. The van der Waals surface area contributed by atoms with Gasteiger partial charge >= 0.3 is 0 Å². The van der Waals surface area contributed by atoms with Crippen LogP contribution in [-0.4, -0.2) is 23.7 Å². The molecule has 162 valence electrons. The molecule has 3 nitrogen and oxygen atoms in total. The van der Waals surface area contributed by atoms with Crippen molar-refractivity contribution in [1.29, 1.82) is 0 Å². The lowest BCUT2D eigenvalue weighted by molar-refractivity contribution is -0.122. The summed E-state index contributed by atoms with van der Waals surface area (Å²) in [5.74, 6) is 0.111. The molecule has 0 saturated heterocycles. The van der Waals surface area contributed by atoms with Crippen LogP contribution in [0.5, 0.6) is 0 Å². The van der Waals surface area contributed by atoms with E-state index in [9.17, 15) is 9.90 Å². The number of carbonyl (C=O) groups is 1. The van der Waals surface area contributed by atoms with Gasteiger partial charge in [0.25, 0.3) is 0 Å². The number of hydrogen-bond acceptors (Lipinski definition) is 2. The van der Waals surface area contributed by atoms with Gasteiger partial charge in [0, 0.05) is 6.42 Å². The molecule has 0 heterocycles. The highest BCUT2D eigenvalue weighted by Crippen LogP contribution is 2.13. The first-order chi connectivity index (χ1) is 13.2. The van der Waals surface area contributed by atoms with E-state index in [1.54, 1.807) is 0 Å². The molecular formula is C24H49NO2. The Kier molecular flexibility index (Phi) is 21.3. The van der Waals surface area contributed by atoms with E-state index in [2.05, 4.69) is 19.2 Å². The zero-order chi connectivity index (χ0) is 20.0. The standard InChI is InChI=1S/C24H49NO2/c1-3-5-7-8-9-10-11-12-13-14-15-16-17-18-19-21-24(27)25-23(22-26)20-6-4-2/h23,26H,3-22H2,1-2H3,(H,25,27). The van der Waals surface area contributed by atoms with Crippen LogP contribution in [0.3, 0.4) is 0 Å². The lowest BCUT2D eigenvalue weighted by Gasteiger charge is -2.15. The van der Waals surface area contributed by atoms with E-state index < -0.39 is 0 Å². The molecule has 1 atom stereocenters. The molecule has 0 spiro atoms. The summed E-state index contributed by atoms with van der Waals surface area (Å²) in [7, 11) is 0. The van der Waals surface area contributed by atoms with Gasteiger partial charge in [-0.25, -0.2) is 0 Å². The molecule has 0 saturated carbocycles. The van der Waals surface area contributed by atoms with Gasteiger partial charge in [-0.2, -0.15) is 0 Å². The van der Waals surface area contributed by atoms with E-state index in [0.717, 1.165) is 32.1 Å². The van der Waals surface area contributed by atoms with Crippen LogP contribution in [0.1, 0.15) is 136 Å². The van der Waals surface area contributed by atoms with E-state index >= 15 is 0 Å². The number of amides is 1. The predicted octanol–water partition coefficient (Wildman–Crippen LogP) is 6.92. The maximum absolute atomic E-state index is 11.9. The van der Waals surface area contributed by atoms with Crippen LogP contribution >= 0.6 is 0 Å². The van der Waals surface area contributed by atoms with E-state index in [-0.39, 0.29) is 18.6 Å². The van der Waals surface area contributed by atoms with Gasteiger partial charge < -0.3 is 10.4 Å². The molecule has 0 aliphatic rings. The molecule has 27 heavy (non-hydrogen) atoms. The molecule has 0 rings (SSSR count). The lowest BCUT2D eigenvalue weighted by atomic mass is 10.0. The number of aliphatic hydroxyl groups excluding tert-OH is 1. The number of rotatable bonds is 21. The van der Waals surface area contributed by atoms with Crippen LogP contribution in [0.4, 0.5) is 0 Å². The topological polar surface area (TPSA) is 49.3 Å². The third-order valence-corrected chi connectivity index (χ3v) is 5.50. The van der Waals surface area contributed by atoms with E-state index in [0.29, 0.717) is 6.42 Å². The van der Waals surface area contributed by atoms with Gasteiger partial charge in [0.2, 0.25) is 5.91 Å². The Hall–Kier alpha value is -0.570. The molecule has 0 fully saturated rings. The second-order valence-corrected chi connectivity index (χ2v) is 8.29. The Morgan fingerprint density at radius 2 is 1.07 bits per heavy atom. The number of nitrogens with one attached hydrogen (secondary N) is 1. The molecule has 0 aliphatic heterocycles. The SMILES string of the molecule is CCCCCCCCCCCCCCCCCC(=O)NC(CO)CCCC. The second kappa shape index (κ2) is 21.7. The van der Waals surface area contributed by atoms with Gasteiger partial charge in [0.15, 0.2) is 0 Å². The van der Waals surface area contributed by atoms with Gasteiger partial charge in [-0.1, -0.05) is 117 Å². The first-order valence-corrected chi connectivity index (χ1v) is 12.1. The van der Waals surface area contributed by atoms with Crippen molar-refractivity contribution in [1.82, 2.24) is 5.32 Å². The molecule has 0 aliphatic carbocycles. The largest absolute Gasteiger partial charge is 0.394 e. The first kappa shape index (κ1) is 26.4. The smallest absolute Gasteiger partial charge is 0.220 e. The molecule has 0 radical (unpaired) electrons. The maximum Gasteiger partial charge on any atom is 0.220 e. The van der Waals surface area contributed by atoms with Crippen LogP contribution < -0.4 is 5.32 Å². The number of aliphatic hydroxyl groups is 1. The fourth-order valence-electron chi connectivity index (χ4n) is 3.62. The van der Waals surface area contributed by atoms with E-state index in [1.165, 1.54) is 83.5 Å². The Labute approximate surface area is 170 Å². The molecule has 0 aromatic heterocycles. The first-order valence-electron chi connectivity index (χ1n) is 12.1. The van der Waals surface area contributed by atoms with Crippen molar-refractivity contribution in [3.63, 3.8) is 0 Å². The zero-order valence-electron chi connectivity index (χ0n) is 18.6. The summed E-state index contributed by atoms with van der Waals surface area (Å²) < 4.78 is 0. The summed E-state index contributed by atoms with van der Waals surface area (Å²) in [4.78, 5) is 11.9. The molecular weight excluding hydrogens is 334 g/mol. The monoisotopic (exact) mass is 383 g/mol. The molecule has 0 aromatic carbocycles. The number of hydrogen-bond donors (Lipinski definition) is 2. The fraction of sp³-hybridized carbons (Fsp3) is 0.958. The predicted molar refractivity (Wildman–Crippen MR) is 118 cm³/mol. The van der Waals surface area contributed by atoms with Gasteiger partial charge in [-0.15, -0.1) is 0 Å². The zero-order valence-corrected chi connectivity index (χ0v) is 18.6. The molecule has 3 heteroatoms. The summed E-state index contributed by atoms with van der Waals surface area (Å²) in [5, 5.41) is 12.3. The minimum atomic E-state index is -0.0474. The van der Waals surface area contributed by atoms with Crippen molar-refractivity contribution in [3.05, 3.63) is 0 Å². The van der Waals surface area contributed by atoms with Crippen molar-refractivity contribution in [3.8, 4) is 0 Å². The number of carbonyl (C=O) groups excluding carboxylic acids is 1. The average molecular weight is 384 g/mol. The van der Waals surface area contributed by atoms with Gasteiger partial charge in [-0.3, -0.25) is 4.79 Å². The van der Waals surface area contributed by atoms with Crippen LogP contribution in [0.15, 0.2) is 0 Å². The lowest BCUT2D eigenvalue weighted by Crippen LogP contribution is -2.37. The summed E-state index contributed by atoms with van der Waals surface area (Å²) in [6.45, 7) is 4.47. The average Bonchev–Trinajstić information content (AvgIpc) is 2.68. The molecule has 0 aromatic rings. The van der Waals surface area contributed by atoms with E-state index in [4.69, 9.17) is 0 Å². The van der Waals surface area contributed by atoms with Crippen LogP contribution in [-0.2, 0) is 4.79 Å². The minimum Gasteiger partial charge on any atom is -0.394 e. The van der Waals surface area contributed by atoms with Gasteiger partial charge in [0.1, 0.15) is 0 Å². The molecule has 0 bridgehead atoms. The van der Waals surface area contributed by atoms with Gasteiger partial charge in [-0.05, 0) is 12.8 Å². The number of unbranched alkanes of at least 4 members (excludes halogenated alkanes) is 15. The van der Waals surface area contributed by atoms with Crippen molar-refractivity contribution in [2.24, 2.45) is 0 Å². The van der Waals surface area contributed by atoms with E-state index in [1.807, 2.05) is 0 Å². The highest BCUT2D eigenvalue weighted by atomic mass is 16.3. The molecule has 1 amide bonds. The second-order valence-electron chi connectivity index (χ2n) is 8.29. The Bertz CT molecular complexity index is 307. The summed E-state index contributed by atoms with van der Waals surface area (Å²) in [6, 6.07) is -0.0474. The third-order valence-electron chi connectivity index (χ3n) is 5.50. The third kappa shape index (κ3) is 20.0. The van der Waals surface area contributed by atoms with Crippen molar-refractivity contribution in [2.75, 3.05) is 6.61 Å². The molecule has 1 unspecified atom stereocenters. The quantitative estimate of drug-likeness (QED) is 0.211. The van der Waals surface area contributed by atoms with Crippen molar-refractivity contribution in [2.45, 2.75) is 142 Å². The maximum atomic E-state index is 11.9. The summed E-state index contributed by atoms with van der Waals surface area (Å²) in [6.07, 6.45) is 23.8. The Balaban J connectivity index is 3.27. The molecule has 2 N–H and O–H groups in total. The summed E-state index contributed by atoms with van der Waals surface area (Å²) in [5.41, 5.74) is 0. The van der Waals surface area contributed by atoms with Crippen molar-refractivity contribution >= 4 is 5.91 Å². The van der Waals surface area contributed by atoms with Crippen LogP contribution in [0, 0.1) is 0 Å². The van der Waals surface area contributed by atoms with Gasteiger partial charge in [0.05, 0.1) is 12.6 Å². The highest BCUT2D eigenvalue weighted by molar-refractivity contribution is 5.76. The van der Waals surface area contributed by atoms with Crippen molar-refractivity contribution < 1.29 is 9.90 Å². The Morgan fingerprint density at radius 1 is 0.667 bits per heavy atom. The van der Waals surface area contributed by atoms with Crippen LogP contribution in [0.2, 0.25) is 0 Å². The minimum absolute atomic E-state index is 0.0474. The fourth-order valence-corrected chi connectivity index (χ4v) is 3.62. The van der Waals surface area contributed by atoms with Crippen LogP contribution in [0.25, 0.3) is 0 Å². The normalized spacial score (nSPS) is 12.3. The summed E-state index contributed by atoms with van der Waals surface area (Å²) >= 11 is 0. The Morgan fingerprint density at radius 3 is 1.48 bits per heavy atom.